The Morgan fingerprint density at radius 1 is 1.16 bits per heavy atom. The van der Waals surface area contributed by atoms with Gasteiger partial charge in [-0.25, -0.2) is 4.79 Å². The second-order valence-electron chi connectivity index (χ2n) is 5.14. The molecule has 1 aliphatic heterocycles. The summed E-state index contributed by atoms with van der Waals surface area (Å²) in [6.07, 6.45) is 1.19. The van der Waals surface area contributed by atoms with E-state index in [4.69, 9.17) is 0 Å². The number of nitrogens with zero attached hydrogens (tertiary/aromatic N) is 2. The van der Waals surface area contributed by atoms with Crippen LogP contribution in [-0.2, 0) is 11.3 Å². The van der Waals surface area contributed by atoms with Gasteiger partial charge >= 0.3 is 6.03 Å². The van der Waals surface area contributed by atoms with Crippen molar-refractivity contribution in [2.45, 2.75) is 39.3 Å². The van der Waals surface area contributed by atoms with E-state index < -0.39 is 0 Å². The number of benzene rings is 1. The fourth-order valence-electron chi connectivity index (χ4n) is 2.29. The minimum Gasteiger partial charge on any atom is -0.322 e. The summed E-state index contributed by atoms with van der Waals surface area (Å²) >= 11 is 0. The van der Waals surface area contributed by atoms with Crippen molar-refractivity contribution in [3.8, 4) is 0 Å². The largest absolute Gasteiger partial charge is 0.327 e. The SMILES string of the molecule is CC(C)N1CCCC(=O)N(Cc2ccccc2)C1=O. The minimum absolute atomic E-state index is 0.0722. The molecule has 4 nitrogen and oxygen atoms in total. The summed E-state index contributed by atoms with van der Waals surface area (Å²) in [5.41, 5.74) is 0.981. The first kappa shape index (κ1) is 13.6. The van der Waals surface area contributed by atoms with Crippen LogP contribution in [0.2, 0.25) is 0 Å². The van der Waals surface area contributed by atoms with Crippen LogP contribution in [0.3, 0.4) is 0 Å². The third kappa shape index (κ3) is 3.13. The average Bonchev–Trinajstić information content (AvgIpc) is 2.53. The number of imide groups is 1. The van der Waals surface area contributed by atoms with E-state index in [0.29, 0.717) is 19.5 Å². The Morgan fingerprint density at radius 2 is 1.84 bits per heavy atom. The Kier molecular flexibility index (Phi) is 4.20. The normalized spacial score (nSPS) is 17.0. The van der Waals surface area contributed by atoms with Crippen molar-refractivity contribution in [2.75, 3.05) is 6.54 Å². The fraction of sp³-hybridized carbons (Fsp3) is 0.467. The predicted octanol–water partition coefficient (Wildman–Crippen LogP) is 2.64. The van der Waals surface area contributed by atoms with Crippen molar-refractivity contribution in [1.82, 2.24) is 9.80 Å². The third-order valence-electron chi connectivity index (χ3n) is 3.37. The van der Waals surface area contributed by atoms with Crippen molar-refractivity contribution in [3.63, 3.8) is 0 Å². The quantitative estimate of drug-likeness (QED) is 0.838. The highest BCUT2D eigenvalue weighted by Crippen LogP contribution is 2.16. The summed E-state index contributed by atoms with van der Waals surface area (Å²) < 4.78 is 0. The Morgan fingerprint density at radius 3 is 2.47 bits per heavy atom. The minimum atomic E-state index is -0.165. The lowest BCUT2D eigenvalue weighted by Crippen LogP contribution is -2.46. The molecular weight excluding hydrogens is 240 g/mol. The predicted molar refractivity (Wildman–Crippen MR) is 73.5 cm³/mol. The molecule has 0 radical (unpaired) electrons. The van der Waals surface area contributed by atoms with Gasteiger partial charge in [0.2, 0.25) is 5.91 Å². The summed E-state index contributed by atoms with van der Waals surface area (Å²) in [7, 11) is 0. The van der Waals surface area contributed by atoms with Gasteiger partial charge in [-0.05, 0) is 25.8 Å². The molecule has 1 aliphatic rings. The van der Waals surface area contributed by atoms with Crippen molar-refractivity contribution in [3.05, 3.63) is 35.9 Å². The third-order valence-corrected chi connectivity index (χ3v) is 3.37. The van der Waals surface area contributed by atoms with Crippen LogP contribution >= 0.6 is 0 Å². The molecule has 0 N–H and O–H groups in total. The van der Waals surface area contributed by atoms with E-state index in [0.717, 1.165) is 12.0 Å². The molecule has 0 spiro atoms. The maximum Gasteiger partial charge on any atom is 0.327 e. The van der Waals surface area contributed by atoms with Gasteiger partial charge in [0, 0.05) is 19.0 Å². The zero-order chi connectivity index (χ0) is 13.8. The Bertz CT molecular complexity index is 456. The molecule has 0 unspecified atom stereocenters. The molecule has 1 aromatic carbocycles. The number of hydrogen-bond donors (Lipinski definition) is 0. The smallest absolute Gasteiger partial charge is 0.322 e. The van der Waals surface area contributed by atoms with Gasteiger partial charge in [-0.3, -0.25) is 9.69 Å². The van der Waals surface area contributed by atoms with Gasteiger partial charge in [-0.1, -0.05) is 30.3 Å². The van der Waals surface area contributed by atoms with Gasteiger partial charge in [-0.15, -0.1) is 0 Å². The van der Waals surface area contributed by atoms with Crippen LogP contribution in [0.1, 0.15) is 32.3 Å². The highest BCUT2D eigenvalue weighted by molar-refractivity contribution is 5.95. The van der Waals surface area contributed by atoms with Crippen LogP contribution in [0.15, 0.2) is 30.3 Å². The Hall–Kier alpha value is -1.84. The molecule has 0 saturated carbocycles. The fourth-order valence-corrected chi connectivity index (χ4v) is 2.29. The average molecular weight is 260 g/mol. The number of urea groups is 1. The molecule has 1 fully saturated rings. The van der Waals surface area contributed by atoms with Crippen LogP contribution in [0.4, 0.5) is 4.79 Å². The molecule has 0 bridgehead atoms. The molecule has 1 heterocycles. The van der Waals surface area contributed by atoms with E-state index in [9.17, 15) is 9.59 Å². The summed E-state index contributed by atoms with van der Waals surface area (Å²) in [4.78, 5) is 27.7. The highest BCUT2D eigenvalue weighted by Gasteiger charge is 2.30. The van der Waals surface area contributed by atoms with E-state index in [1.807, 2.05) is 44.2 Å². The van der Waals surface area contributed by atoms with Gasteiger partial charge in [0.25, 0.3) is 0 Å². The summed E-state index contributed by atoms with van der Waals surface area (Å²) in [5.74, 6) is -0.0722. The molecule has 3 amide bonds. The van der Waals surface area contributed by atoms with E-state index in [1.165, 1.54) is 4.90 Å². The zero-order valence-corrected chi connectivity index (χ0v) is 11.5. The molecule has 0 aliphatic carbocycles. The van der Waals surface area contributed by atoms with Crippen LogP contribution in [0.25, 0.3) is 0 Å². The molecule has 2 rings (SSSR count). The molecule has 0 aromatic heterocycles. The van der Waals surface area contributed by atoms with Crippen LogP contribution in [-0.4, -0.2) is 34.3 Å². The standard InChI is InChI=1S/C15H20N2O2/c1-12(2)16-10-6-9-14(18)17(15(16)19)11-13-7-4-3-5-8-13/h3-5,7-8,12H,6,9-11H2,1-2H3. The highest BCUT2D eigenvalue weighted by atomic mass is 16.2. The number of amides is 3. The van der Waals surface area contributed by atoms with Gasteiger partial charge in [0.1, 0.15) is 0 Å². The molecule has 0 atom stereocenters. The number of carbonyl (C=O) groups is 2. The second kappa shape index (κ2) is 5.87. The number of rotatable bonds is 3. The maximum atomic E-state index is 12.4. The van der Waals surface area contributed by atoms with Gasteiger partial charge < -0.3 is 4.90 Å². The van der Waals surface area contributed by atoms with E-state index in [1.54, 1.807) is 4.90 Å². The Labute approximate surface area is 114 Å². The first-order valence-electron chi connectivity index (χ1n) is 6.74. The van der Waals surface area contributed by atoms with Gasteiger partial charge in [0.05, 0.1) is 6.54 Å². The summed E-state index contributed by atoms with van der Waals surface area (Å²) in [6.45, 7) is 4.98. The van der Waals surface area contributed by atoms with Crippen molar-refractivity contribution < 1.29 is 9.59 Å². The van der Waals surface area contributed by atoms with Crippen molar-refractivity contribution >= 4 is 11.9 Å². The van der Waals surface area contributed by atoms with E-state index >= 15 is 0 Å². The molecule has 19 heavy (non-hydrogen) atoms. The second-order valence-corrected chi connectivity index (χ2v) is 5.14. The van der Waals surface area contributed by atoms with Crippen molar-refractivity contribution in [1.29, 1.82) is 0 Å². The van der Waals surface area contributed by atoms with Crippen LogP contribution in [0.5, 0.6) is 0 Å². The molecule has 102 valence electrons. The Balaban J connectivity index is 2.19. The molecular formula is C15H20N2O2. The number of hydrogen-bond acceptors (Lipinski definition) is 2. The molecule has 1 saturated heterocycles. The summed E-state index contributed by atoms with van der Waals surface area (Å²) in [6, 6.07) is 9.59. The van der Waals surface area contributed by atoms with Gasteiger partial charge in [-0.2, -0.15) is 0 Å². The maximum absolute atomic E-state index is 12.4. The first-order valence-corrected chi connectivity index (χ1v) is 6.74. The summed E-state index contributed by atoms with van der Waals surface area (Å²) in [5, 5.41) is 0. The zero-order valence-electron chi connectivity index (χ0n) is 11.5. The van der Waals surface area contributed by atoms with E-state index in [2.05, 4.69) is 0 Å². The first-order chi connectivity index (χ1) is 9.09. The van der Waals surface area contributed by atoms with E-state index in [-0.39, 0.29) is 18.0 Å². The lowest BCUT2D eigenvalue weighted by atomic mass is 10.2. The molecule has 1 aromatic rings. The molecule has 4 heteroatoms. The lowest BCUT2D eigenvalue weighted by molar-refractivity contribution is -0.128. The van der Waals surface area contributed by atoms with Gasteiger partial charge in [0.15, 0.2) is 0 Å². The monoisotopic (exact) mass is 260 g/mol. The van der Waals surface area contributed by atoms with Crippen molar-refractivity contribution in [2.24, 2.45) is 0 Å². The topological polar surface area (TPSA) is 40.6 Å². The lowest BCUT2D eigenvalue weighted by Gasteiger charge is -2.29. The van der Waals surface area contributed by atoms with Crippen LogP contribution in [0, 0.1) is 0 Å². The van der Waals surface area contributed by atoms with Crippen LogP contribution < -0.4 is 0 Å². The number of carbonyl (C=O) groups excluding carboxylic acids is 2.